The van der Waals surface area contributed by atoms with Crippen molar-refractivity contribution in [1.82, 2.24) is 14.9 Å². The summed E-state index contributed by atoms with van der Waals surface area (Å²) in [5, 5.41) is 3.63. The lowest BCUT2D eigenvalue weighted by Crippen LogP contribution is -2.31. The van der Waals surface area contributed by atoms with Crippen LogP contribution >= 0.6 is 0 Å². The first-order chi connectivity index (χ1) is 15.7. The molecule has 0 saturated heterocycles. The quantitative estimate of drug-likeness (QED) is 0.518. The average Bonchev–Trinajstić information content (AvgIpc) is 2.79. The molecular formula is C26H33N3O4. The predicted octanol–water partition coefficient (Wildman–Crippen LogP) is 4.49. The maximum absolute atomic E-state index is 12.9. The van der Waals surface area contributed by atoms with Gasteiger partial charge in [-0.2, -0.15) is 0 Å². The standard InChI is InChI=1S/C26H33N3O4/c1-26(2,3)16-21(18-10-7-6-8-11-18)28-24(30)12-9-13-29-17-27-20-15-23(33-5)22(32-4)14-19(20)25(29)31/h6-8,10-11,14-15,17,21H,9,12-13,16H2,1-5H3,(H,28,30). The number of benzene rings is 2. The monoisotopic (exact) mass is 451 g/mol. The van der Waals surface area contributed by atoms with Crippen LogP contribution in [0.3, 0.4) is 0 Å². The molecule has 0 aliphatic carbocycles. The van der Waals surface area contributed by atoms with E-state index in [1.165, 1.54) is 18.0 Å². The summed E-state index contributed by atoms with van der Waals surface area (Å²) in [4.78, 5) is 30.0. The number of rotatable bonds is 9. The number of hydrogen-bond acceptors (Lipinski definition) is 5. The Morgan fingerprint density at radius 2 is 1.76 bits per heavy atom. The number of carbonyl (C=O) groups excluding carboxylic acids is 1. The van der Waals surface area contributed by atoms with E-state index in [0.29, 0.717) is 41.8 Å². The Labute approximate surface area is 194 Å². The Bertz CT molecular complexity index is 1150. The largest absolute Gasteiger partial charge is 0.493 e. The molecule has 1 N–H and O–H groups in total. The first-order valence-corrected chi connectivity index (χ1v) is 11.2. The van der Waals surface area contributed by atoms with Crippen molar-refractivity contribution in [2.45, 2.75) is 52.6 Å². The molecule has 176 valence electrons. The highest BCUT2D eigenvalue weighted by atomic mass is 16.5. The van der Waals surface area contributed by atoms with Gasteiger partial charge in [-0.15, -0.1) is 0 Å². The van der Waals surface area contributed by atoms with E-state index in [-0.39, 0.29) is 22.9 Å². The molecule has 1 aromatic heterocycles. The summed E-state index contributed by atoms with van der Waals surface area (Å²) >= 11 is 0. The van der Waals surface area contributed by atoms with Crippen LogP contribution in [0.4, 0.5) is 0 Å². The van der Waals surface area contributed by atoms with Crippen LogP contribution in [0.15, 0.2) is 53.6 Å². The number of nitrogens with zero attached hydrogens (tertiary/aromatic N) is 2. The molecule has 0 spiro atoms. The van der Waals surface area contributed by atoms with Crippen molar-refractivity contribution in [3.63, 3.8) is 0 Å². The van der Waals surface area contributed by atoms with Crippen molar-refractivity contribution in [2.75, 3.05) is 14.2 Å². The molecule has 0 radical (unpaired) electrons. The van der Waals surface area contributed by atoms with Gasteiger partial charge in [-0.3, -0.25) is 14.2 Å². The first-order valence-electron chi connectivity index (χ1n) is 11.2. The second-order valence-corrected chi connectivity index (χ2v) is 9.37. The van der Waals surface area contributed by atoms with Crippen LogP contribution in [0.2, 0.25) is 0 Å². The number of nitrogens with one attached hydrogen (secondary N) is 1. The van der Waals surface area contributed by atoms with E-state index in [9.17, 15) is 9.59 Å². The zero-order valence-corrected chi connectivity index (χ0v) is 20.1. The van der Waals surface area contributed by atoms with E-state index in [0.717, 1.165) is 12.0 Å². The third-order valence-electron chi connectivity index (χ3n) is 5.49. The van der Waals surface area contributed by atoms with Crippen LogP contribution in [0.1, 0.15) is 51.6 Å². The predicted molar refractivity (Wildman–Crippen MR) is 130 cm³/mol. The van der Waals surface area contributed by atoms with E-state index >= 15 is 0 Å². The fourth-order valence-corrected chi connectivity index (χ4v) is 3.87. The van der Waals surface area contributed by atoms with Gasteiger partial charge in [0.2, 0.25) is 5.91 Å². The highest BCUT2D eigenvalue weighted by Gasteiger charge is 2.22. The molecule has 7 heteroatoms. The molecular weight excluding hydrogens is 418 g/mol. The topological polar surface area (TPSA) is 82.5 Å². The number of aromatic nitrogens is 2. The number of hydrogen-bond donors (Lipinski definition) is 1. The zero-order valence-electron chi connectivity index (χ0n) is 20.1. The van der Waals surface area contributed by atoms with Crippen molar-refractivity contribution in [3.8, 4) is 11.5 Å². The molecule has 3 aromatic rings. The molecule has 1 amide bonds. The molecule has 0 aliphatic rings. The zero-order chi connectivity index (χ0) is 24.0. The highest BCUT2D eigenvalue weighted by molar-refractivity contribution is 5.81. The highest BCUT2D eigenvalue weighted by Crippen LogP contribution is 2.30. The Balaban J connectivity index is 1.67. The van der Waals surface area contributed by atoms with Crippen molar-refractivity contribution in [2.24, 2.45) is 5.41 Å². The lowest BCUT2D eigenvalue weighted by Gasteiger charge is -2.27. The van der Waals surface area contributed by atoms with Gasteiger partial charge in [0.05, 0.1) is 37.5 Å². The second-order valence-electron chi connectivity index (χ2n) is 9.37. The number of carbonyl (C=O) groups is 1. The van der Waals surface area contributed by atoms with Gasteiger partial charge in [-0.1, -0.05) is 51.1 Å². The van der Waals surface area contributed by atoms with Gasteiger partial charge >= 0.3 is 0 Å². The summed E-state index contributed by atoms with van der Waals surface area (Å²) in [6, 6.07) is 13.3. The molecule has 33 heavy (non-hydrogen) atoms. The van der Waals surface area contributed by atoms with Crippen molar-refractivity contribution >= 4 is 16.8 Å². The smallest absolute Gasteiger partial charge is 0.261 e. The number of ether oxygens (including phenoxy) is 2. The summed E-state index contributed by atoms with van der Waals surface area (Å²) in [6.45, 7) is 6.90. The molecule has 1 heterocycles. The molecule has 7 nitrogen and oxygen atoms in total. The normalized spacial score (nSPS) is 12.4. The van der Waals surface area contributed by atoms with Gasteiger partial charge in [-0.05, 0) is 29.9 Å². The number of amides is 1. The van der Waals surface area contributed by atoms with Gasteiger partial charge < -0.3 is 14.8 Å². The van der Waals surface area contributed by atoms with Gasteiger partial charge in [0, 0.05) is 19.0 Å². The lowest BCUT2D eigenvalue weighted by molar-refractivity contribution is -0.122. The minimum atomic E-state index is -0.170. The van der Waals surface area contributed by atoms with Gasteiger partial charge in [0.25, 0.3) is 5.56 Å². The molecule has 1 atom stereocenters. The first kappa shape index (κ1) is 24.3. The van der Waals surface area contributed by atoms with Crippen LogP contribution in [-0.2, 0) is 11.3 Å². The summed E-state index contributed by atoms with van der Waals surface area (Å²) < 4.78 is 12.1. The number of aryl methyl sites for hydroxylation is 1. The Hall–Kier alpha value is -3.35. The summed E-state index contributed by atoms with van der Waals surface area (Å²) in [7, 11) is 3.07. The molecule has 0 saturated carbocycles. The fraction of sp³-hybridized carbons (Fsp3) is 0.423. The Kier molecular flexibility index (Phi) is 7.74. The Morgan fingerprint density at radius 3 is 2.39 bits per heavy atom. The number of methoxy groups -OCH3 is 2. The molecule has 1 unspecified atom stereocenters. The maximum atomic E-state index is 12.9. The fourth-order valence-electron chi connectivity index (χ4n) is 3.87. The van der Waals surface area contributed by atoms with Crippen LogP contribution in [0, 0.1) is 5.41 Å². The second kappa shape index (κ2) is 10.5. The maximum Gasteiger partial charge on any atom is 0.261 e. The van der Waals surface area contributed by atoms with E-state index in [4.69, 9.17) is 9.47 Å². The molecule has 0 aliphatic heterocycles. The van der Waals surface area contributed by atoms with Crippen LogP contribution < -0.4 is 20.3 Å². The number of fused-ring (bicyclic) bond motifs is 1. The molecule has 2 aromatic carbocycles. The minimum Gasteiger partial charge on any atom is -0.493 e. The lowest BCUT2D eigenvalue weighted by atomic mass is 9.85. The Morgan fingerprint density at radius 1 is 1.09 bits per heavy atom. The average molecular weight is 452 g/mol. The third-order valence-corrected chi connectivity index (χ3v) is 5.49. The van der Waals surface area contributed by atoms with Crippen molar-refractivity contribution < 1.29 is 14.3 Å². The van der Waals surface area contributed by atoms with Crippen LogP contribution in [0.25, 0.3) is 10.9 Å². The van der Waals surface area contributed by atoms with E-state index in [1.54, 1.807) is 19.2 Å². The van der Waals surface area contributed by atoms with Crippen LogP contribution in [-0.4, -0.2) is 29.7 Å². The van der Waals surface area contributed by atoms with E-state index < -0.39 is 0 Å². The summed E-state index contributed by atoms with van der Waals surface area (Å²) in [5.41, 5.74) is 1.54. The van der Waals surface area contributed by atoms with E-state index in [1.807, 2.05) is 30.3 Å². The van der Waals surface area contributed by atoms with Crippen molar-refractivity contribution in [1.29, 1.82) is 0 Å². The van der Waals surface area contributed by atoms with Crippen LogP contribution in [0.5, 0.6) is 11.5 Å². The van der Waals surface area contributed by atoms with Crippen molar-refractivity contribution in [3.05, 3.63) is 64.7 Å². The van der Waals surface area contributed by atoms with E-state index in [2.05, 4.69) is 31.1 Å². The summed E-state index contributed by atoms with van der Waals surface area (Å²) in [6.07, 6.45) is 3.20. The SMILES string of the molecule is COc1cc2ncn(CCCC(=O)NC(CC(C)(C)C)c3ccccc3)c(=O)c2cc1OC. The third kappa shape index (κ3) is 6.34. The molecule has 0 bridgehead atoms. The minimum absolute atomic E-state index is 0.0266. The van der Waals surface area contributed by atoms with Gasteiger partial charge in [0.15, 0.2) is 11.5 Å². The molecule has 3 rings (SSSR count). The van der Waals surface area contributed by atoms with Gasteiger partial charge in [-0.25, -0.2) is 4.98 Å². The summed E-state index contributed by atoms with van der Waals surface area (Å²) in [5.74, 6) is 0.975. The van der Waals surface area contributed by atoms with Gasteiger partial charge in [0.1, 0.15) is 0 Å². The molecule has 0 fully saturated rings.